The minimum atomic E-state index is -0.755. The maximum absolute atomic E-state index is 12.3. The molecule has 6 nitrogen and oxygen atoms in total. The summed E-state index contributed by atoms with van der Waals surface area (Å²) in [7, 11) is 0. The molecular formula is C17H26N2O4. The summed E-state index contributed by atoms with van der Waals surface area (Å²) in [5.41, 5.74) is 5.57. The molecular weight excluding hydrogens is 296 g/mol. The Bertz CT molecular complexity index is 543. The molecule has 0 heterocycles. The summed E-state index contributed by atoms with van der Waals surface area (Å²) in [5, 5.41) is 0. The zero-order chi connectivity index (χ0) is 17.8. The van der Waals surface area contributed by atoms with Gasteiger partial charge in [-0.3, -0.25) is 0 Å². The third-order valence-electron chi connectivity index (χ3n) is 2.52. The Morgan fingerprint density at radius 1 is 1.00 bits per heavy atom. The molecule has 6 heteroatoms. The van der Waals surface area contributed by atoms with Crippen LogP contribution >= 0.6 is 0 Å². The SMILES string of the molecule is CC(C)(C)OC(=O)N(Cc1cccc(N)c1)C(=O)OC(C)(C)C. The summed E-state index contributed by atoms with van der Waals surface area (Å²) in [6.07, 6.45) is -1.51. The third kappa shape index (κ3) is 7.04. The second kappa shape index (κ2) is 6.89. The molecule has 1 aromatic rings. The van der Waals surface area contributed by atoms with E-state index in [1.807, 2.05) is 0 Å². The number of ether oxygens (including phenoxy) is 2. The lowest BCUT2D eigenvalue weighted by atomic mass is 10.2. The number of nitrogen functional groups attached to an aromatic ring is 1. The highest BCUT2D eigenvalue weighted by molar-refractivity contribution is 5.88. The summed E-state index contributed by atoms with van der Waals surface area (Å²) in [5.74, 6) is 0. The second-order valence-corrected chi connectivity index (χ2v) is 7.29. The van der Waals surface area contributed by atoms with E-state index < -0.39 is 23.4 Å². The van der Waals surface area contributed by atoms with E-state index in [2.05, 4.69) is 0 Å². The molecule has 0 aliphatic rings. The lowest BCUT2D eigenvalue weighted by Crippen LogP contribution is -2.43. The van der Waals surface area contributed by atoms with Gasteiger partial charge in [0.2, 0.25) is 0 Å². The monoisotopic (exact) mass is 322 g/mol. The first kappa shape index (κ1) is 18.8. The number of amides is 2. The van der Waals surface area contributed by atoms with E-state index >= 15 is 0 Å². The van der Waals surface area contributed by atoms with E-state index in [0.717, 1.165) is 4.90 Å². The molecule has 0 unspecified atom stereocenters. The van der Waals surface area contributed by atoms with Crippen molar-refractivity contribution in [1.82, 2.24) is 4.90 Å². The molecule has 2 amide bonds. The number of hydrogen-bond donors (Lipinski definition) is 1. The Hall–Kier alpha value is -2.24. The molecule has 2 N–H and O–H groups in total. The molecule has 0 radical (unpaired) electrons. The molecule has 0 atom stereocenters. The average molecular weight is 322 g/mol. The van der Waals surface area contributed by atoms with Gasteiger partial charge in [0.05, 0.1) is 6.54 Å². The Morgan fingerprint density at radius 2 is 1.48 bits per heavy atom. The lowest BCUT2D eigenvalue weighted by molar-refractivity contribution is -0.000244. The smallest absolute Gasteiger partial charge is 0.420 e. The fourth-order valence-corrected chi connectivity index (χ4v) is 1.71. The summed E-state index contributed by atoms with van der Waals surface area (Å²) >= 11 is 0. The molecule has 0 saturated heterocycles. The second-order valence-electron chi connectivity index (χ2n) is 7.29. The maximum Gasteiger partial charge on any atom is 0.420 e. The molecule has 23 heavy (non-hydrogen) atoms. The molecule has 0 aliphatic heterocycles. The van der Waals surface area contributed by atoms with Gasteiger partial charge in [-0.15, -0.1) is 0 Å². The van der Waals surface area contributed by atoms with Crippen molar-refractivity contribution in [3.63, 3.8) is 0 Å². The van der Waals surface area contributed by atoms with Crippen LogP contribution in [0.4, 0.5) is 15.3 Å². The van der Waals surface area contributed by atoms with Gasteiger partial charge in [-0.2, -0.15) is 0 Å². The molecule has 0 aromatic heterocycles. The van der Waals surface area contributed by atoms with Crippen LogP contribution in [0.15, 0.2) is 24.3 Å². The summed E-state index contributed by atoms with van der Waals surface area (Å²) in [4.78, 5) is 25.6. The van der Waals surface area contributed by atoms with Gasteiger partial charge in [-0.25, -0.2) is 14.5 Å². The van der Waals surface area contributed by atoms with Crippen molar-refractivity contribution in [3.05, 3.63) is 29.8 Å². The number of benzene rings is 1. The predicted octanol–water partition coefficient (Wildman–Crippen LogP) is 3.94. The minimum absolute atomic E-state index is 0.0227. The number of nitrogens with two attached hydrogens (primary N) is 1. The lowest BCUT2D eigenvalue weighted by Gasteiger charge is -2.28. The number of imide groups is 1. The van der Waals surface area contributed by atoms with Crippen molar-refractivity contribution in [1.29, 1.82) is 0 Å². The van der Waals surface area contributed by atoms with E-state index in [-0.39, 0.29) is 6.54 Å². The van der Waals surface area contributed by atoms with Gasteiger partial charge in [0.15, 0.2) is 0 Å². The highest BCUT2D eigenvalue weighted by Crippen LogP contribution is 2.17. The highest BCUT2D eigenvalue weighted by Gasteiger charge is 2.31. The molecule has 0 fully saturated rings. The average Bonchev–Trinajstić information content (AvgIpc) is 2.31. The van der Waals surface area contributed by atoms with Crippen molar-refractivity contribution in [3.8, 4) is 0 Å². The Kier molecular flexibility index (Phi) is 5.64. The van der Waals surface area contributed by atoms with E-state index in [1.165, 1.54) is 0 Å². The van der Waals surface area contributed by atoms with E-state index in [0.29, 0.717) is 11.3 Å². The van der Waals surface area contributed by atoms with E-state index in [9.17, 15) is 9.59 Å². The standard InChI is InChI=1S/C17H26N2O4/c1-16(2,3)22-14(20)19(15(21)23-17(4,5)6)11-12-8-7-9-13(18)10-12/h7-10H,11,18H2,1-6H3. The Morgan fingerprint density at radius 3 is 1.87 bits per heavy atom. The molecule has 1 aromatic carbocycles. The zero-order valence-electron chi connectivity index (χ0n) is 14.7. The zero-order valence-corrected chi connectivity index (χ0v) is 14.7. The van der Waals surface area contributed by atoms with Gasteiger partial charge < -0.3 is 15.2 Å². The summed E-state index contributed by atoms with van der Waals surface area (Å²) in [6, 6.07) is 6.96. The Balaban J connectivity index is 3.00. The van der Waals surface area contributed by atoms with Gasteiger partial charge in [0.25, 0.3) is 0 Å². The highest BCUT2D eigenvalue weighted by atomic mass is 16.6. The van der Waals surface area contributed by atoms with E-state index in [4.69, 9.17) is 15.2 Å². The predicted molar refractivity (Wildman–Crippen MR) is 88.9 cm³/mol. The van der Waals surface area contributed by atoms with Crippen molar-refractivity contribution < 1.29 is 19.1 Å². The number of nitrogens with zero attached hydrogens (tertiary/aromatic N) is 1. The van der Waals surface area contributed by atoms with Crippen LogP contribution in [-0.4, -0.2) is 28.3 Å². The summed E-state index contributed by atoms with van der Waals surface area (Å²) in [6.45, 7) is 10.4. The van der Waals surface area contributed by atoms with Crippen LogP contribution in [0.5, 0.6) is 0 Å². The molecule has 0 saturated carbocycles. The first-order valence-electron chi connectivity index (χ1n) is 7.45. The van der Waals surface area contributed by atoms with Crippen LogP contribution in [0, 0.1) is 0 Å². The minimum Gasteiger partial charge on any atom is -0.443 e. The van der Waals surface area contributed by atoms with Crippen LogP contribution in [0.1, 0.15) is 47.1 Å². The number of rotatable bonds is 2. The quantitative estimate of drug-likeness (QED) is 0.834. The number of anilines is 1. The van der Waals surface area contributed by atoms with Crippen LogP contribution in [0.3, 0.4) is 0 Å². The molecule has 0 bridgehead atoms. The normalized spacial score (nSPS) is 11.7. The van der Waals surface area contributed by atoms with Crippen molar-refractivity contribution in [2.24, 2.45) is 0 Å². The number of carbonyl (C=O) groups is 2. The van der Waals surface area contributed by atoms with Gasteiger partial charge in [0, 0.05) is 5.69 Å². The molecule has 1 rings (SSSR count). The first-order chi connectivity index (χ1) is 10.4. The van der Waals surface area contributed by atoms with Crippen LogP contribution in [0.25, 0.3) is 0 Å². The fourth-order valence-electron chi connectivity index (χ4n) is 1.71. The van der Waals surface area contributed by atoms with Gasteiger partial charge in [-0.05, 0) is 59.2 Å². The van der Waals surface area contributed by atoms with Crippen molar-refractivity contribution >= 4 is 17.9 Å². The Labute approximate surface area is 137 Å². The van der Waals surface area contributed by atoms with Crippen molar-refractivity contribution in [2.45, 2.75) is 59.3 Å². The molecule has 0 aliphatic carbocycles. The van der Waals surface area contributed by atoms with Crippen LogP contribution in [0.2, 0.25) is 0 Å². The van der Waals surface area contributed by atoms with Gasteiger partial charge in [0.1, 0.15) is 11.2 Å². The third-order valence-corrected chi connectivity index (χ3v) is 2.52. The maximum atomic E-state index is 12.3. The van der Waals surface area contributed by atoms with Crippen LogP contribution in [-0.2, 0) is 16.0 Å². The van der Waals surface area contributed by atoms with Gasteiger partial charge in [-0.1, -0.05) is 12.1 Å². The first-order valence-corrected chi connectivity index (χ1v) is 7.45. The number of carbonyl (C=O) groups excluding carboxylic acids is 2. The fraction of sp³-hybridized carbons (Fsp3) is 0.529. The molecule has 128 valence electrons. The molecule has 0 spiro atoms. The topological polar surface area (TPSA) is 81.9 Å². The van der Waals surface area contributed by atoms with Gasteiger partial charge >= 0.3 is 12.2 Å². The van der Waals surface area contributed by atoms with Crippen molar-refractivity contribution in [2.75, 3.05) is 5.73 Å². The number of hydrogen-bond acceptors (Lipinski definition) is 5. The van der Waals surface area contributed by atoms with E-state index in [1.54, 1.807) is 65.8 Å². The summed E-state index contributed by atoms with van der Waals surface area (Å²) < 4.78 is 10.6. The largest absolute Gasteiger partial charge is 0.443 e. The van der Waals surface area contributed by atoms with Crippen LogP contribution < -0.4 is 5.73 Å².